The molecule has 2 aromatic rings. The third kappa shape index (κ3) is 2.59. The molecule has 0 fully saturated rings. The first-order valence-electron chi connectivity index (χ1n) is 5.95. The maximum absolute atomic E-state index is 12.1. The number of Topliss-reactive ketones (excluding diaryl/α,β-unsaturated/α-hetero) is 1. The normalized spacial score (nSPS) is 12.3. The Morgan fingerprint density at radius 1 is 1.22 bits per heavy atom. The van der Waals surface area contributed by atoms with Crippen LogP contribution in [0.2, 0.25) is 0 Å². The van der Waals surface area contributed by atoms with Crippen LogP contribution in [0, 0.1) is 6.92 Å². The lowest BCUT2D eigenvalue weighted by Crippen LogP contribution is -2.08. The number of imidazole rings is 1. The summed E-state index contributed by atoms with van der Waals surface area (Å²) >= 11 is 0. The van der Waals surface area contributed by atoms with Gasteiger partial charge in [0.2, 0.25) is 0 Å². The van der Waals surface area contributed by atoms with Gasteiger partial charge in [0.05, 0.1) is 0 Å². The molecule has 0 radical (unpaired) electrons. The Morgan fingerprint density at radius 3 is 2.44 bits per heavy atom. The molecular formula is C14H16N2O2. The zero-order chi connectivity index (χ0) is 13.1. The highest BCUT2D eigenvalue weighted by atomic mass is 16.1. The molecule has 0 amide bonds. The predicted molar refractivity (Wildman–Crippen MR) is 70.0 cm³/mol. The minimum atomic E-state index is -0.330. The molecule has 2 rings (SSSR count). The molecule has 1 atom stereocenters. The first-order chi connectivity index (χ1) is 8.58. The molecule has 0 saturated carbocycles. The van der Waals surface area contributed by atoms with Crippen molar-refractivity contribution in [3.05, 3.63) is 57.8 Å². The van der Waals surface area contributed by atoms with E-state index in [-0.39, 0.29) is 17.4 Å². The molecule has 1 unspecified atom stereocenters. The van der Waals surface area contributed by atoms with Crippen molar-refractivity contribution in [2.75, 3.05) is 0 Å². The van der Waals surface area contributed by atoms with Gasteiger partial charge < -0.3 is 9.97 Å². The zero-order valence-electron chi connectivity index (χ0n) is 10.5. The molecule has 4 nitrogen and oxygen atoms in total. The molecule has 1 aromatic heterocycles. The standard InChI is InChI=1S/C14H16N2O2/c1-9(11-6-4-3-5-7-11)8-12(17)13-10(2)15-14(18)16-13/h3-7,9H,8H2,1-2H3,(H2,15,16,18). The highest BCUT2D eigenvalue weighted by molar-refractivity contribution is 5.95. The minimum absolute atomic E-state index is 0.0396. The lowest BCUT2D eigenvalue weighted by atomic mass is 9.94. The summed E-state index contributed by atoms with van der Waals surface area (Å²) in [5, 5.41) is 0. The fourth-order valence-corrected chi connectivity index (χ4v) is 2.03. The third-order valence-corrected chi connectivity index (χ3v) is 3.05. The summed E-state index contributed by atoms with van der Waals surface area (Å²) in [6.07, 6.45) is 0.388. The summed E-state index contributed by atoms with van der Waals surface area (Å²) in [5.41, 5.74) is 1.79. The minimum Gasteiger partial charge on any atom is -0.310 e. The lowest BCUT2D eigenvalue weighted by molar-refractivity contribution is 0.0970. The van der Waals surface area contributed by atoms with Gasteiger partial charge in [0.15, 0.2) is 5.78 Å². The maximum Gasteiger partial charge on any atom is 0.323 e. The Bertz CT molecular complexity index is 596. The van der Waals surface area contributed by atoms with Gasteiger partial charge in [-0.2, -0.15) is 0 Å². The van der Waals surface area contributed by atoms with Gasteiger partial charge in [0.1, 0.15) is 5.69 Å². The number of aromatic nitrogens is 2. The summed E-state index contributed by atoms with van der Waals surface area (Å²) in [5.74, 6) is 0.0960. The molecule has 4 heteroatoms. The van der Waals surface area contributed by atoms with Crippen molar-refractivity contribution in [1.29, 1.82) is 0 Å². The Labute approximate surface area is 105 Å². The van der Waals surface area contributed by atoms with Gasteiger partial charge in [0, 0.05) is 12.1 Å². The fraction of sp³-hybridized carbons (Fsp3) is 0.286. The van der Waals surface area contributed by atoms with E-state index in [1.807, 2.05) is 37.3 Å². The van der Waals surface area contributed by atoms with Crippen LogP contribution in [0.1, 0.15) is 41.0 Å². The average Bonchev–Trinajstić information content (AvgIpc) is 2.69. The van der Waals surface area contributed by atoms with Gasteiger partial charge in [-0.1, -0.05) is 37.3 Å². The van der Waals surface area contributed by atoms with Gasteiger partial charge in [-0.15, -0.1) is 0 Å². The molecule has 2 N–H and O–H groups in total. The maximum atomic E-state index is 12.1. The number of ketones is 1. The SMILES string of the molecule is Cc1[nH]c(=O)[nH]c1C(=O)CC(C)c1ccccc1. The Kier molecular flexibility index (Phi) is 3.46. The van der Waals surface area contributed by atoms with Crippen molar-refractivity contribution in [1.82, 2.24) is 9.97 Å². The number of carbonyl (C=O) groups is 1. The number of H-pyrrole nitrogens is 2. The second-order valence-electron chi connectivity index (χ2n) is 4.52. The van der Waals surface area contributed by atoms with Crippen LogP contribution in [-0.4, -0.2) is 15.8 Å². The average molecular weight is 244 g/mol. The number of hydrogen-bond donors (Lipinski definition) is 2. The third-order valence-electron chi connectivity index (χ3n) is 3.05. The Hall–Kier alpha value is -2.10. The second-order valence-corrected chi connectivity index (χ2v) is 4.52. The van der Waals surface area contributed by atoms with Crippen LogP contribution >= 0.6 is 0 Å². The number of hydrogen-bond acceptors (Lipinski definition) is 2. The lowest BCUT2D eigenvalue weighted by Gasteiger charge is -2.10. The summed E-state index contributed by atoms with van der Waals surface area (Å²) in [6, 6.07) is 9.88. The van der Waals surface area contributed by atoms with Crippen molar-refractivity contribution in [2.45, 2.75) is 26.2 Å². The number of aryl methyl sites for hydroxylation is 1. The summed E-state index contributed by atoms with van der Waals surface area (Å²) in [7, 11) is 0. The molecule has 1 heterocycles. The van der Waals surface area contributed by atoms with Gasteiger partial charge in [0.25, 0.3) is 0 Å². The van der Waals surface area contributed by atoms with Crippen molar-refractivity contribution >= 4 is 5.78 Å². The smallest absolute Gasteiger partial charge is 0.310 e. The van der Waals surface area contributed by atoms with E-state index < -0.39 is 0 Å². The first kappa shape index (κ1) is 12.4. The molecule has 0 aliphatic carbocycles. The van der Waals surface area contributed by atoms with E-state index in [0.717, 1.165) is 5.56 Å². The molecule has 0 saturated heterocycles. The van der Waals surface area contributed by atoms with E-state index in [1.54, 1.807) is 6.92 Å². The largest absolute Gasteiger partial charge is 0.323 e. The number of aromatic amines is 2. The van der Waals surface area contributed by atoms with Crippen molar-refractivity contribution < 1.29 is 4.79 Å². The predicted octanol–water partition coefficient (Wildman–Crippen LogP) is 2.39. The quantitative estimate of drug-likeness (QED) is 0.811. The van der Waals surface area contributed by atoms with Crippen molar-refractivity contribution in [2.24, 2.45) is 0 Å². The summed E-state index contributed by atoms with van der Waals surface area (Å²) in [6.45, 7) is 3.73. The highest BCUT2D eigenvalue weighted by Gasteiger charge is 2.16. The number of rotatable bonds is 4. The summed E-state index contributed by atoms with van der Waals surface area (Å²) in [4.78, 5) is 28.3. The van der Waals surface area contributed by atoms with Crippen LogP contribution in [0.4, 0.5) is 0 Å². The van der Waals surface area contributed by atoms with E-state index in [2.05, 4.69) is 9.97 Å². The van der Waals surface area contributed by atoms with Gasteiger partial charge in [-0.3, -0.25) is 4.79 Å². The first-order valence-corrected chi connectivity index (χ1v) is 5.95. The molecule has 0 bridgehead atoms. The topological polar surface area (TPSA) is 65.7 Å². The van der Waals surface area contributed by atoms with Crippen LogP contribution in [0.5, 0.6) is 0 Å². The van der Waals surface area contributed by atoms with Crippen LogP contribution in [-0.2, 0) is 0 Å². The van der Waals surface area contributed by atoms with Crippen molar-refractivity contribution in [3.8, 4) is 0 Å². The molecule has 1 aromatic carbocycles. The van der Waals surface area contributed by atoms with E-state index in [4.69, 9.17) is 0 Å². The van der Waals surface area contributed by atoms with E-state index in [9.17, 15) is 9.59 Å². The Morgan fingerprint density at radius 2 is 1.89 bits per heavy atom. The molecule has 0 aliphatic heterocycles. The molecule has 18 heavy (non-hydrogen) atoms. The van der Waals surface area contributed by atoms with Crippen LogP contribution in [0.25, 0.3) is 0 Å². The molecular weight excluding hydrogens is 228 g/mol. The number of benzene rings is 1. The highest BCUT2D eigenvalue weighted by Crippen LogP contribution is 2.20. The van der Waals surface area contributed by atoms with Gasteiger partial charge >= 0.3 is 5.69 Å². The van der Waals surface area contributed by atoms with E-state index in [0.29, 0.717) is 17.8 Å². The molecule has 0 spiro atoms. The monoisotopic (exact) mass is 244 g/mol. The molecule has 0 aliphatic rings. The van der Waals surface area contributed by atoms with Crippen LogP contribution in [0.15, 0.2) is 35.1 Å². The van der Waals surface area contributed by atoms with E-state index >= 15 is 0 Å². The van der Waals surface area contributed by atoms with Gasteiger partial charge in [-0.05, 0) is 18.4 Å². The van der Waals surface area contributed by atoms with Gasteiger partial charge in [-0.25, -0.2) is 4.79 Å². The number of nitrogens with one attached hydrogen (secondary N) is 2. The van der Waals surface area contributed by atoms with E-state index in [1.165, 1.54) is 0 Å². The summed E-state index contributed by atoms with van der Waals surface area (Å²) < 4.78 is 0. The molecule has 94 valence electrons. The number of carbonyl (C=O) groups excluding carboxylic acids is 1. The van der Waals surface area contributed by atoms with Crippen molar-refractivity contribution in [3.63, 3.8) is 0 Å². The Balaban J connectivity index is 2.13. The second kappa shape index (κ2) is 5.04. The fourth-order valence-electron chi connectivity index (χ4n) is 2.03. The van der Waals surface area contributed by atoms with Crippen LogP contribution in [0.3, 0.4) is 0 Å². The van der Waals surface area contributed by atoms with Crippen LogP contribution < -0.4 is 5.69 Å². The zero-order valence-corrected chi connectivity index (χ0v) is 10.5.